The Balaban J connectivity index is 2.51. The summed E-state index contributed by atoms with van der Waals surface area (Å²) in [7, 11) is 0.275. The monoisotopic (exact) mass is 303 g/mol. The van der Waals surface area contributed by atoms with Gasteiger partial charge in [-0.2, -0.15) is 5.10 Å². The average Bonchev–Trinajstić information content (AvgIpc) is 2.83. The normalized spacial score (nSPS) is 12.5. The highest BCUT2D eigenvalue weighted by molar-refractivity contribution is 7.89. The van der Waals surface area contributed by atoms with Crippen molar-refractivity contribution in [2.24, 2.45) is 0 Å². The summed E-state index contributed by atoms with van der Waals surface area (Å²) in [6.45, 7) is 5.95. The molecule has 7 nitrogen and oxygen atoms in total. The van der Waals surface area contributed by atoms with Gasteiger partial charge in [0.2, 0.25) is 0 Å². The predicted molar refractivity (Wildman–Crippen MR) is 78.9 cm³/mol. The zero-order valence-electron chi connectivity index (χ0n) is 12.6. The standard InChI is InChI=1S/C12H25N5O2S/c1-10(2)17(4)7-5-6-15-20(18,19)12-11(8-13-3)9-14-16-12/h9-10,13,15H,5-8H2,1-4H3,(H,14,16). The molecule has 1 aromatic rings. The maximum Gasteiger partial charge on any atom is 0.257 e. The molecule has 0 saturated carbocycles. The zero-order chi connectivity index (χ0) is 15.2. The van der Waals surface area contributed by atoms with Gasteiger partial charge in [0, 0.05) is 24.7 Å². The Morgan fingerprint density at radius 1 is 1.45 bits per heavy atom. The van der Waals surface area contributed by atoms with Crippen LogP contribution in [-0.2, 0) is 16.6 Å². The molecule has 0 unspecified atom stereocenters. The van der Waals surface area contributed by atoms with E-state index in [4.69, 9.17) is 0 Å². The highest BCUT2D eigenvalue weighted by Crippen LogP contribution is 2.11. The van der Waals surface area contributed by atoms with Gasteiger partial charge in [-0.15, -0.1) is 0 Å². The summed E-state index contributed by atoms with van der Waals surface area (Å²) < 4.78 is 26.9. The van der Waals surface area contributed by atoms with Crippen LogP contribution >= 0.6 is 0 Å². The van der Waals surface area contributed by atoms with Crippen molar-refractivity contribution in [1.29, 1.82) is 0 Å². The molecule has 1 aromatic heterocycles. The van der Waals surface area contributed by atoms with Crippen molar-refractivity contribution in [3.63, 3.8) is 0 Å². The fourth-order valence-corrected chi connectivity index (χ4v) is 2.91. The minimum absolute atomic E-state index is 0.143. The van der Waals surface area contributed by atoms with Gasteiger partial charge in [-0.05, 0) is 40.9 Å². The number of aromatic amines is 1. The largest absolute Gasteiger partial charge is 0.316 e. The number of hydrogen-bond donors (Lipinski definition) is 3. The molecule has 0 amide bonds. The van der Waals surface area contributed by atoms with E-state index in [0.717, 1.165) is 13.0 Å². The van der Waals surface area contributed by atoms with Crippen LogP contribution in [0.15, 0.2) is 11.2 Å². The van der Waals surface area contributed by atoms with E-state index >= 15 is 0 Å². The van der Waals surface area contributed by atoms with Crippen molar-refractivity contribution in [3.8, 4) is 0 Å². The predicted octanol–water partition coefficient (Wildman–Crippen LogP) is 0.138. The van der Waals surface area contributed by atoms with Crippen LogP contribution in [-0.4, -0.2) is 56.7 Å². The lowest BCUT2D eigenvalue weighted by molar-refractivity contribution is 0.271. The van der Waals surface area contributed by atoms with Crippen LogP contribution < -0.4 is 10.0 Å². The third kappa shape index (κ3) is 4.86. The van der Waals surface area contributed by atoms with E-state index in [1.165, 1.54) is 6.20 Å². The molecule has 0 bridgehead atoms. The van der Waals surface area contributed by atoms with E-state index in [9.17, 15) is 8.42 Å². The van der Waals surface area contributed by atoms with E-state index in [0.29, 0.717) is 24.7 Å². The molecule has 0 aromatic carbocycles. The van der Waals surface area contributed by atoms with Gasteiger partial charge >= 0.3 is 0 Å². The molecule has 1 heterocycles. The summed E-state index contributed by atoms with van der Waals surface area (Å²) in [4.78, 5) is 2.18. The molecule has 0 aliphatic heterocycles. The molecule has 0 atom stereocenters. The van der Waals surface area contributed by atoms with Crippen LogP contribution in [0.25, 0.3) is 0 Å². The highest BCUT2D eigenvalue weighted by Gasteiger charge is 2.19. The number of nitrogens with one attached hydrogen (secondary N) is 3. The second-order valence-corrected chi connectivity index (χ2v) is 6.78. The number of hydrogen-bond acceptors (Lipinski definition) is 5. The van der Waals surface area contributed by atoms with Gasteiger partial charge in [-0.1, -0.05) is 0 Å². The summed E-state index contributed by atoms with van der Waals surface area (Å²) in [5.74, 6) is 0. The van der Waals surface area contributed by atoms with Crippen molar-refractivity contribution < 1.29 is 8.42 Å². The minimum Gasteiger partial charge on any atom is -0.316 e. The summed E-state index contributed by atoms with van der Waals surface area (Å²) in [5.41, 5.74) is 0.638. The molecule has 20 heavy (non-hydrogen) atoms. The second kappa shape index (κ2) is 7.72. The van der Waals surface area contributed by atoms with Gasteiger partial charge in [0.15, 0.2) is 5.03 Å². The molecule has 116 valence electrons. The van der Waals surface area contributed by atoms with Gasteiger partial charge in [0.25, 0.3) is 10.0 Å². The smallest absolute Gasteiger partial charge is 0.257 e. The Kier molecular flexibility index (Phi) is 6.60. The Bertz CT molecular complexity index is 498. The molecular weight excluding hydrogens is 278 g/mol. The molecule has 8 heteroatoms. The fourth-order valence-electron chi connectivity index (χ4n) is 1.71. The third-order valence-electron chi connectivity index (χ3n) is 3.18. The number of aromatic nitrogens is 2. The maximum absolute atomic E-state index is 12.1. The average molecular weight is 303 g/mol. The Hall–Kier alpha value is -0.960. The van der Waals surface area contributed by atoms with Gasteiger partial charge < -0.3 is 10.2 Å². The Morgan fingerprint density at radius 2 is 2.15 bits per heavy atom. The Morgan fingerprint density at radius 3 is 2.75 bits per heavy atom. The molecule has 3 N–H and O–H groups in total. The highest BCUT2D eigenvalue weighted by atomic mass is 32.2. The molecule has 1 rings (SSSR count). The van der Waals surface area contributed by atoms with E-state index in [1.54, 1.807) is 7.05 Å². The number of nitrogens with zero attached hydrogens (tertiary/aromatic N) is 2. The topological polar surface area (TPSA) is 90.1 Å². The van der Waals surface area contributed by atoms with Gasteiger partial charge in [-0.3, -0.25) is 5.10 Å². The first-order valence-electron chi connectivity index (χ1n) is 6.75. The number of rotatable bonds is 9. The zero-order valence-corrected chi connectivity index (χ0v) is 13.4. The summed E-state index contributed by atoms with van der Waals surface area (Å²) >= 11 is 0. The van der Waals surface area contributed by atoms with E-state index < -0.39 is 10.0 Å². The Labute approximate surface area is 121 Å². The molecule has 0 saturated heterocycles. The molecular formula is C12H25N5O2S. The van der Waals surface area contributed by atoms with Crippen LogP contribution in [0, 0.1) is 0 Å². The van der Waals surface area contributed by atoms with Crippen LogP contribution in [0.4, 0.5) is 0 Å². The lowest BCUT2D eigenvalue weighted by atomic mass is 10.3. The molecule has 0 aliphatic carbocycles. The first kappa shape index (κ1) is 17.1. The molecule has 0 aliphatic rings. The summed E-state index contributed by atoms with van der Waals surface area (Å²) in [6.07, 6.45) is 2.29. The number of H-pyrrole nitrogens is 1. The van der Waals surface area contributed by atoms with Gasteiger partial charge in [0.05, 0.1) is 6.20 Å². The lowest BCUT2D eigenvalue weighted by Crippen LogP contribution is -2.32. The fraction of sp³-hybridized carbons (Fsp3) is 0.750. The second-order valence-electron chi connectivity index (χ2n) is 5.08. The van der Waals surface area contributed by atoms with Crippen molar-refractivity contribution in [2.75, 3.05) is 27.2 Å². The quantitative estimate of drug-likeness (QED) is 0.565. The van der Waals surface area contributed by atoms with Crippen LogP contribution in [0.5, 0.6) is 0 Å². The first-order valence-corrected chi connectivity index (χ1v) is 8.23. The van der Waals surface area contributed by atoms with Crippen LogP contribution in [0.2, 0.25) is 0 Å². The van der Waals surface area contributed by atoms with Crippen molar-refractivity contribution in [3.05, 3.63) is 11.8 Å². The van der Waals surface area contributed by atoms with Crippen molar-refractivity contribution >= 4 is 10.0 Å². The lowest BCUT2D eigenvalue weighted by Gasteiger charge is -2.20. The van der Waals surface area contributed by atoms with Gasteiger partial charge in [0.1, 0.15) is 0 Å². The maximum atomic E-state index is 12.1. The van der Waals surface area contributed by atoms with Gasteiger partial charge in [-0.25, -0.2) is 13.1 Å². The number of sulfonamides is 1. The summed E-state index contributed by atoms with van der Waals surface area (Å²) in [5, 5.41) is 9.40. The minimum atomic E-state index is -3.51. The van der Waals surface area contributed by atoms with Crippen LogP contribution in [0.3, 0.4) is 0 Å². The van der Waals surface area contributed by atoms with E-state index in [2.05, 4.69) is 39.0 Å². The first-order chi connectivity index (χ1) is 9.38. The SMILES string of the molecule is CNCc1cn[nH]c1S(=O)(=O)NCCCN(C)C(C)C. The molecule has 0 spiro atoms. The molecule has 0 radical (unpaired) electrons. The van der Waals surface area contributed by atoms with Crippen molar-refractivity contribution in [2.45, 2.75) is 37.9 Å². The van der Waals surface area contributed by atoms with E-state index in [-0.39, 0.29) is 5.03 Å². The molecule has 0 fully saturated rings. The summed E-state index contributed by atoms with van der Waals surface area (Å²) in [6, 6.07) is 0.460. The van der Waals surface area contributed by atoms with Crippen molar-refractivity contribution in [1.82, 2.24) is 25.1 Å². The van der Waals surface area contributed by atoms with E-state index in [1.807, 2.05) is 7.05 Å². The van der Waals surface area contributed by atoms with Crippen LogP contribution in [0.1, 0.15) is 25.8 Å². The third-order valence-corrected chi connectivity index (χ3v) is 4.65.